The Bertz CT molecular complexity index is 1080. The number of fused-ring (bicyclic) bond motifs is 1. The van der Waals surface area contributed by atoms with Crippen LogP contribution in [0, 0.1) is 6.92 Å². The molecule has 0 saturated carbocycles. The number of nitrogens with zero attached hydrogens (tertiary/aromatic N) is 1. The summed E-state index contributed by atoms with van der Waals surface area (Å²) in [5.74, 6) is -0.185. The number of hydrogen-bond acceptors (Lipinski definition) is 2. The first-order valence-electron chi connectivity index (χ1n) is 11.6. The molecule has 4 heteroatoms. The lowest BCUT2D eigenvalue weighted by Gasteiger charge is -2.44. The molecule has 1 heterocycles. The van der Waals surface area contributed by atoms with Gasteiger partial charge in [-0.1, -0.05) is 70.7 Å². The number of hydrogen-bond donors (Lipinski definition) is 1. The van der Waals surface area contributed by atoms with E-state index in [1.807, 2.05) is 24.3 Å². The van der Waals surface area contributed by atoms with Crippen molar-refractivity contribution in [2.75, 3.05) is 6.54 Å². The third-order valence-corrected chi connectivity index (χ3v) is 7.73. The number of amides is 3. The molecule has 0 bridgehead atoms. The zero-order chi connectivity index (χ0) is 23.3. The largest absolute Gasteiger partial charge is 0.329 e. The van der Waals surface area contributed by atoms with E-state index in [-0.39, 0.29) is 29.3 Å². The minimum Gasteiger partial charge on any atom is -0.329 e. The summed E-state index contributed by atoms with van der Waals surface area (Å²) in [6.07, 6.45) is 3.56. The van der Waals surface area contributed by atoms with E-state index in [9.17, 15) is 9.59 Å². The Hall–Kier alpha value is -2.88. The van der Waals surface area contributed by atoms with Crippen LogP contribution in [-0.2, 0) is 22.2 Å². The van der Waals surface area contributed by atoms with Crippen molar-refractivity contribution in [2.24, 2.45) is 0 Å². The summed E-state index contributed by atoms with van der Waals surface area (Å²) in [6.45, 7) is 16.4. The Morgan fingerprint density at radius 3 is 2.34 bits per heavy atom. The minimum absolute atomic E-state index is 0.0821. The van der Waals surface area contributed by atoms with Gasteiger partial charge >= 0.3 is 6.03 Å². The van der Waals surface area contributed by atoms with Gasteiger partial charge in [0.15, 0.2) is 0 Å². The number of carbonyl (C=O) groups is 2. The molecule has 2 aliphatic rings. The molecular weight excluding hydrogens is 396 g/mol. The second-order valence-corrected chi connectivity index (χ2v) is 10.3. The predicted octanol–water partition coefficient (Wildman–Crippen LogP) is 5.85. The quantitative estimate of drug-likeness (QED) is 0.605. The molecule has 1 N–H and O–H groups in total. The van der Waals surface area contributed by atoms with Crippen LogP contribution in [-0.4, -0.2) is 23.4 Å². The molecule has 0 radical (unpaired) electrons. The Morgan fingerprint density at radius 1 is 1.06 bits per heavy atom. The van der Waals surface area contributed by atoms with Crippen LogP contribution in [0.15, 0.2) is 43.0 Å². The highest BCUT2D eigenvalue weighted by molar-refractivity contribution is 6.01. The zero-order valence-corrected chi connectivity index (χ0v) is 20.0. The zero-order valence-electron chi connectivity index (χ0n) is 20.0. The van der Waals surface area contributed by atoms with Gasteiger partial charge in [0.05, 0.1) is 13.1 Å². The van der Waals surface area contributed by atoms with Gasteiger partial charge in [0, 0.05) is 0 Å². The van der Waals surface area contributed by atoms with E-state index in [0.717, 1.165) is 23.1 Å². The van der Waals surface area contributed by atoms with Gasteiger partial charge in [0.25, 0.3) is 0 Å². The fraction of sp³-hybridized carbons (Fsp3) is 0.429. The number of imide groups is 1. The van der Waals surface area contributed by atoms with Gasteiger partial charge < -0.3 is 5.32 Å². The topological polar surface area (TPSA) is 49.4 Å². The van der Waals surface area contributed by atoms with Crippen molar-refractivity contribution in [1.82, 2.24) is 10.2 Å². The van der Waals surface area contributed by atoms with Gasteiger partial charge in [-0.25, -0.2) is 4.79 Å². The van der Waals surface area contributed by atoms with Gasteiger partial charge in [-0.2, -0.15) is 0 Å². The van der Waals surface area contributed by atoms with Crippen molar-refractivity contribution in [3.05, 3.63) is 76.4 Å². The molecule has 1 aliphatic carbocycles. The smallest absolute Gasteiger partial charge is 0.324 e. The molecule has 0 aromatic heterocycles. The molecule has 1 saturated heterocycles. The van der Waals surface area contributed by atoms with Crippen molar-refractivity contribution >= 4 is 17.5 Å². The number of urea groups is 1. The van der Waals surface area contributed by atoms with Crippen molar-refractivity contribution < 1.29 is 9.59 Å². The van der Waals surface area contributed by atoms with Crippen LogP contribution >= 0.6 is 0 Å². The van der Waals surface area contributed by atoms with E-state index >= 15 is 0 Å². The standard InChI is InChI=1S/C28H34N2O2/c1-7-28(6)13-12-27(4,5)23-15-22(18(2)14-24(23)28)19(3)21-10-8-20(9-11-21)17-30-25(31)16-29-26(30)32/h8-11,14-15H,3,7,12-13,16-17H2,1-2,4-6H3,(H,29,32). The van der Waals surface area contributed by atoms with E-state index in [1.165, 1.54) is 40.0 Å². The minimum atomic E-state index is -0.324. The fourth-order valence-corrected chi connectivity index (χ4v) is 5.08. The van der Waals surface area contributed by atoms with E-state index in [4.69, 9.17) is 0 Å². The summed E-state index contributed by atoms with van der Waals surface area (Å²) in [5, 5.41) is 2.56. The van der Waals surface area contributed by atoms with Gasteiger partial charge in [-0.15, -0.1) is 0 Å². The molecule has 1 atom stereocenters. The molecule has 4 nitrogen and oxygen atoms in total. The second-order valence-electron chi connectivity index (χ2n) is 10.3. The van der Waals surface area contributed by atoms with E-state index < -0.39 is 0 Å². The molecule has 1 unspecified atom stereocenters. The number of carbonyl (C=O) groups excluding carboxylic acids is 2. The highest BCUT2D eigenvalue weighted by Crippen LogP contribution is 2.48. The highest BCUT2D eigenvalue weighted by Gasteiger charge is 2.39. The lowest BCUT2D eigenvalue weighted by molar-refractivity contribution is -0.125. The summed E-state index contributed by atoms with van der Waals surface area (Å²) in [5.41, 5.74) is 8.77. The van der Waals surface area contributed by atoms with Crippen molar-refractivity contribution in [1.29, 1.82) is 0 Å². The van der Waals surface area contributed by atoms with E-state index in [2.05, 4.69) is 58.6 Å². The molecule has 3 amide bonds. The monoisotopic (exact) mass is 430 g/mol. The lowest BCUT2D eigenvalue weighted by Crippen LogP contribution is -2.35. The predicted molar refractivity (Wildman–Crippen MR) is 130 cm³/mol. The maximum Gasteiger partial charge on any atom is 0.324 e. The summed E-state index contributed by atoms with van der Waals surface area (Å²) in [7, 11) is 0. The van der Waals surface area contributed by atoms with Crippen LogP contribution in [0.3, 0.4) is 0 Å². The van der Waals surface area contributed by atoms with Crippen LogP contribution in [0.5, 0.6) is 0 Å². The van der Waals surface area contributed by atoms with E-state index in [1.54, 1.807) is 0 Å². The first-order valence-corrected chi connectivity index (χ1v) is 11.6. The summed E-state index contributed by atoms with van der Waals surface area (Å²) in [4.78, 5) is 24.9. The summed E-state index contributed by atoms with van der Waals surface area (Å²) in [6, 6.07) is 12.5. The first-order chi connectivity index (χ1) is 15.1. The summed E-state index contributed by atoms with van der Waals surface area (Å²) >= 11 is 0. The Labute approximate surface area is 191 Å². The first kappa shape index (κ1) is 22.3. The second kappa shape index (κ2) is 7.91. The number of rotatable bonds is 5. The number of nitrogens with one attached hydrogen (secondary N) is 1. The normalized spacial score (nSPS) is 22.0. The van der Waals surface area contributed by atoms with Gasteiger partial charge in [-0.3, -0.25) is 9.69 Å². The maximum atomic E-state index is 11.9. The molecule has 4 rings (SSSR count). The third kappa shape index (κ3) is 3.76. The molecule has 1 aliphatic heterocycles. The van der Waals surface area contributed by atoms with Crippen LogP contribution in [0.4, 0.5) is 4.79 Å². The molecule has 32 heavy (non-hydrogen) atoms. The lowest BCUT2D eigenvalue weighted by atomic mass is 9.60. The molecule has 1 fully saturated rings. The van der Waals surface area contributed by atoms with Crippen LogP contribution in [0.2, 0.25) is 0 Å². The molecule has 2 aromatic carbocycles. The van der Waals surface area contributed by atoms with Crippen LogP contribution in [0.1, 0.15) is 80.3 Å². The van der Waals surface area contributed by atoms with Crippen molar-refractivity contribution in [3.8, 4) is 0 Å². The van der Waals surface area contributed by atoms with Crippen LogP contribution in [0.25, 0.3) is 5.57 Å². The fourth-order valence-electron chi connectivity index (χ4n) is 5.08. The summed E-state index contributed by atoms with van der Waals surface area (Å²) < 4.78 is 0. The van der Waals surface area contributed by atoms with Crippen molar-refractivity contribution in [2.45, 2.75) is 71.3 Å². The number of aryl methyl sites for hydroxylation is 1. The molecule has 2 aromatic rings. The molecule has 168 valence electrons. The van der Waals surface area contributed by atoms with Gasteiger partial charge in [0.1, 0.15) is 0 Å². The Morgan fingerprint density at radius 2 is 1.75 bits per heavy atom. The average molecular weight is 431 g/mol. The highest BCUT2D eigenvalue weighted by atomic mass is 16.2. The SMILES string of the molecule is C=C(c1ccc(CN2C(=O)CNC2=O)cc1)c1cc2c(cc1C)C(C)(CC)CCC2(C)C. The van der Waals surface area contributed by atoms with Gasteiger partial charge in [0.2, 0.25) is 5.91 Å². The Balaban J connectivity index is 1.64. The number of benzene rings is 2. The van der Waals surface area contributed by atoms with Gasteiger partial charge in [-0.05, 0) is 76.0 Å². The average Bonchev–Trinajstić information content (AvgIpc) is 3.08. The molecule has 0 spiro atoms. The maximum absolute atomic E-state index is 11.9. The van der Waals surface area contributed by atoms with Crippen LogP contribution < -0.4 is 5.32 Å². The van der Waals surface area contributed by atoms with E-state index in [0.29, 0.717) is 6.54 Å². The Kier molecular flexibility index (Phi) is 5.52. The van der Waals surface area contributed by atoms with Crippen molar-refractivity contribution in [3.63, 3.8) is 0 Å². The molecular formula is C28H34N2O2. The third-order valence-electron chi connectivity index (χ3n) is 7.73.